The quantitative estimate of drug-likeness (QED) is 0.0558. The van der Waals surface area contributed by atoms with Crippen molar-refractivity contribution in [2.45, 2.75) is 124 Å². The van der Waals surface area contributed by atoms with Gasteiger partial charge in [-0.3, -0.25) is 9.69 Å². The molecule has 16 atom stereocenters. The lowest BCUT2D eigenvalue weighted by Gasteiger charge is -2.46. The molecule has 12 N–H and O–H groups in total. The number of aliphatic hydroxyl groups excluding tert-OH is 10. The Labute approximate surface area is 360 Å². The van der Waals surface area contributed by atoms with Crippen LogP contribution in [0.4, 0.5) is 4.79 Å². The van der Waals surface area contributed by atoms with E-state index in [1.165, 1.54) is 0 Å². The third-order valence-corrected chi connectivity index (χ3v) is 10.6. The molecular formula is C40H56N2O21. The van der Waals surface area contributed by atoms with Crippen LogP contribution in [0, 0.1) is 0 Å². The Balaban J connectivity index is 1.37. The minimum atomic E-state index is -1.99. The van der Waals surface area contributed by atoms with E-state index >= 15 is 0 Å². The summed E-state index contributed by atoms with van der Waals surface area (Å²) in [5, 5.41) is 105. The summed E-state index contributed by atoms with van der Waals surface area (Å²) in [6, 6.07) is 15.7. The van der Waals surface area contributed by atoms with Crippen molar-refractivity contribution < 1.29 is 103 Å². The van der Waals surface area contributed by atoms with Crippen LogP contribution in [-0.2, 0) is 60.7 Å². The number of nitrogens with two attached hydrogens (primary N) is 1. The zero-order valence-corrected chi connectivity index (χ0v) is 33.9. The van der Waals surface area contributed by atoms with Crippen molar-refractivity contribution in [2.24, 2.45) is 5.73 Å². The van der Waals surface area contributed by atoms with Gasteiger partial charge in [0, 0.05) is 13.0 Å². The SMILES string of the molecule is NC(=O)CC[C@@H](C(=O)OCc1ccccc1)N(CCO[C@H]1O[C@H](CO[C@H]2O[C@H](CO)[C@@H](O)[C@H](O)[C@@H]2O)[C@@H](O)[C@H](O[C@H]2O[C@H](CO)[C@@H](O)[C@H](O)[C@@H]2O)[C@@H]1O)C(=O)OCc1ccccc1. The van der Waals surface area contributed by atoms with Gasteiger partial charge in [0.05, 0.1) is 26.4 Å². The summed E-state index contributed by atoms with van der Waals surface area (Å²) in [6.45, 7) is -3.82. The number of carbonyl (C=O) groups is 3. The first-order valence-corrected chi connectivity index (χ1v) is 20.1. The number of hydrogen-bond acceptors (Lipinski definition) is 21. The van der Waals surface area contributed by atoms with Gasteiger partial charge >= 0.3 is 12.1 Å². The lowest BCUT2D eigenvalue weighted by Crippen LogP contribution is -2.65. The molecule has 3 aliphatic rings. The molecule has 0 bridgehead atoms. The number of amides is 2. The van der Waals surface area contributed by atoms with Crippen molar-refractivity contribution >= 4 is 18.0 Å². The van der Waals surface area contributed by atoms with Crippen LogP contribution in [0.3, 0.4) is 0 Å². The van der Waals surface area contributed by atoms with Crippen LogP contribution >= 0.6 is 0 Å². The Bertz CT molecular complexity index is 1710. The maximum atomic E-state index is 13.8. The van der Waals surface area contributed by atoms with E-state index in [1.54, 1.807) is 60.7 Å². The summed E-state index contributed by atoms with van der Waals surface area (Å²) >= 11 is 0. The topological polar surface area (TPSA) is 357 Å². The van der Waals surface area contributed by atoms with E-state index in [0.717, 1.165) is 4.90 Å². The highest BCUT2D eigenvalue weighted by molar-refractivity contribution is 5.82. The molecule has 2 amide bonds. The van der Waals surface area contributed by atoms with Gasteiger partial charge in [-0.15, -0.1) is 0 Å². The van der Waals surface area contributed by atoms with Gasteiger partial charge in [-0.25, -0.2) is 9.59 Å². The van der Waals surface area contributed by atoms with Gasteiger partial charge in [0.1, 0.15) is 92.5 Å². The van der Waals surface area contributed by atoms with Crippen LogP contribution in [0.2, 0.25) is 0 Å². The van der Waals surface area contributed by atoms with Crippen LogP contribution < -0.4 is 5.73 Å². The molecule has 0 aliphatic carbocycles. The minimum absolute atomic E-state index is 0.191. The van der Waals surface area contributed by atoms with E-state index in [0.29, 0.717) is 11.1 Å². The summed E-state index contributed by atoms with van der Waals surface area (Å²) in [7, 11) is 0. The fourth-order valence-corrected chi connectivity index (χ4v) is 7.02. The molecule has 0 spiro atoms. The summed E-state index contributed by atoms with van der Waals surface area (Å²) < 4.78 is 44.9. The molecule has 0 unspecified atom stereocenters. The molecule has 3 saturated heterocycles. The number of nitrogens with zero attached hydrogens (tertiary/aromatic N) is 1. The average Bonchev–Trinajstić information content (AvgIpc) is 3.28. The lowest BCUT2D eigenvalue weighted by atomic mass is 9.96. The Morgan fingerprint density at radius 3 is 1.68 bits per heavy atom. The summed E-state index contributed by atoms with van der Waals surface area (Å²) in [6.07, 6.45) is -28.4. The molecule has 0 saturated carbocycles. The van der Waals surface area contributed by atoms with E-state index in [4.69, 9.17) is 43.6 Å². The molecule has 3 fully saturated rings. The predicted molar refractivity (Wildman–Crippen MR) is 207 cm³/mol. The molecule has 23 heteroatoms. The van der Waals surface area contributed by atoms with Crippen LogP contribution in [0.5, 0.6) is 0 Å². The molecule has 63 heavy (non-hydrogen) atoms. The Kier molecular flexibility index (Phi) is 18.9. The lowest BCUT2D eigenvalue weighted by molar-refractivity contribution is -0.366. The standard InChI is InChI=1S/C40H56N2O21/c41-26(45)12-11-22(36(54)57-17-20-7-3-1-4-8-20)42(40(55)59-18-21-9-5-2-6-10-21)13-14-56-38-34(53)35(63-39-33(52)31(50)28(47)24(16-44)61-39)29(48)25(62-38)19-58-37-32(51)30(49)27(46)23(15-43)60-37/h1-10,22-25,27-35,37-39,43-44,46-53H,11-19H2,(H2,41,45)/t22-,23+,24+,25+,27+,28+,29+,30-,31-,32-,33-,34-,35-,37-,38-,39+/m0/s1. The van der Waals surface area contributed by atoms with Crippen molar-refractivity contribution in [1.29, 1.82) is 0 Å². The number of rotatable bonds is 20. The van der Waals surface area contributed by atoms with Crippen molar-refractivity contribution in [2.75, 3.05) is 33.0 Å². The molecule has 23 nitrogen and oxygen atoms in total. The number of esters is 1. The van der Waals surface area contributed by atoms with Crippen molar-refractivity contribution in [3.8, 4) is 0 Å². The second-order valence-corrected chi connectivity index (χ2v) is 15.1. The number of ether oxygens (including phenoxy) is 8. The highest BCUT2D eigenvalue weighted by Gasteiger charge is 2.52. The zero-order chi connectivity index (χ0) is 45.8. The first kappa shape index (κ1) is 50.0. The maximum Gasteiger partial charge on any atom is 0.410 e. The molecule has 3 heterocycles. The van der Waals surface area contributed by atoms with E-state index in [2.05, 4.69) is 0 Å². The smallest absolute Gasteiger partial charge is 0.410 e. The second-order valence-electron chi connectivity index (χ2n) is 15.1. The van der Waals surface area contributed by atoms with Gasteiger partial charge in [0.2, 0.25) is 5.91 Å². The maximum absolute atomic E-state index is 13.8. The largest absolute Gasteiger partial charge is 0.459 e. The number of benzene rings is 2. The molecule has 2 aromatic carbocycles. The first-order valence-electron chi connectivity index (χ1n) is 20.1. The molecule has 0 aromatic heterocycles. The second kappa shape index (κ2) is 23.8. The van der Waals surface area contributed by atoms with E-state index in [-0.39, 0.29) is 26.1 Å². The average molecular weight is 901 g/mol. The van der Waals surface area contributed by atoms with Gasteiger partial charge < -0.3 is 94.7 Å². The monoisotopic (exact) mass is 900 g/mol. The van der Waals surface area contributed by atoms with Crippen LogP contribution in [-0.4, -0.2) is 205 Å². The van der Waals surface area contributed by atoms with E-state index < -0.39 is 149 Å². The highest BCUT2D eigenvalue weighted by atomic mass is 16.7. The Morgan fingerprint density at radius 2 is 1.13 bits per heavy atom. The van der Waals surface area contributed by atoms with E-state index in [9.17, 15) is 65.4 Å². The summed E-state index contributed by atoms with van der Waals surface area (Å²) in [5.41, 5.74) is 6.64. The number of aliphatic hydroxyl groups is 10. The third kappa shape index (κ3) is 13.1. The molecule has 352 valence electrons. The van der Waals surface area contributed by atoms with Gasteiger partial charge in [-0.05, 0) is 17.5 Å². The number of primary amides is 1. The summed E-state index contributed by atoms with van der Waals surface area (Å²) in [5.74, 6) is -1.71. The molecule has 2 aromatic rings. The van der Waals surface area contributed by atoms with Gasteiger partial charge in [-0.1, -0.05) is 60.7 Å². The molecule has 3 aliphatic heterocycles. The molecule has 0 radical (unpaired) electrons. The van der Waals surface area contributed by atoms with Crippen molar-refractivity contribution in [1.82, 2.24) is 4.90 Å². The van der Waals surface area contributed by atoms with Crippen LogP contribution in [0.1, 0.15) is 24.0 Å². The third-order valence-electron chi connectivity index (χ3n) is 10.6. The van der Waals surface area contributed by atoms with Gasteiger partial charge in [0.25, 0.3) is 0 Å². The van der Waals surface area contributed by atoms with Gasteiger partial charge in [-0.2, -0.15) is 0 Å². The highest BCUT2D eigenvalue weighted by Crippen LogP contribution is 2.31. The van der Waals surface area contributed by atoms with Crippen molar-refractivity contribution in [3.63, 3.8) is 0 Å². The zero-order valence-electron chi connectivity index (χ0n) is 33.9. The normalized spacial score (nSPS) is 33.8. The fourth-order valence-electron chi connectivity index (χ4n) is 7.02. The Hall–Kier alpha value is -3.99. The summed E-state index contributed by atoms with van der Waals surface area (Å²) in [4.78, 5) is 40.3. The van der Waals surface area contributed by atoms with Gasteiger partial charge in [0.15, 0.2) is 18.9 Å². The van der Waals surface area contributed by atoms with Crippen molar-refractivity contribution in [3.05, 3.63) is 71.8 Å². The Morgan fingerprint density at radius 1 is 0.619 bits per heavy atom. The fraction of sp³-hybridized carbons (Fsp3) is 0.625. The molecule has 5 rings (SSSR count). The minimum Gasteiger partial charge on any atom is -0.459 e. The van der Waals surface area contributed by atoms with Crippen LogP contribution in [0.15, 0.2) is 60.7 Å². The predicted octanol–water partition coefficient (Wildman–Crippen LogP) is -4.53. The number of carbonyl (C=O) groups excluding carboxylic acids is 3. The van der Waals surface area contributed by atoms with Crippen LogP contribution in [0.25, 0.3) is 0 Å². The molecular weight excluding hydrogens is 844 g/mol. The van der Waals surface area contributed by atoms with E-state index in [1.807, 2.05) is 0 Å². The first-order chi connectivity index (χ1) is 30.1. The number of hydrogen-bond donors (Lipinski definition) is 11.